The molecule has 2 aliphatic heterocycles. The Morgan fingerprint density at radius 3 is 2.76 bits per heavy atom. The molecule has 1 aromatic rings. The molecule has 4 nitrogen and oxygen atoms in total. The molecule has 1 aromatic carbocycles. The molecule has 4 unspecified atom stereocenters. The average Bonchev–Trinajstić information content (AvgIpc) is 3.15. The molecule has 4 atom stereocenters. The molecule has 0 aromatic heterocycles. The molecule has 140 valence electrons. The molecule has 2 saturated heterocycles. The topological polar surface area (TPSA) is 45.7 Å². The lowest BCUT2D eigenvalue weighted by Crippen LogP contribution is -2.47. The number of nitrogens with one attached hydrogen (secondary N) is 2. The maximum Gasteiger partial charge on any atom is 0.191 e. The van der Waals surface area contributed by atoms with Gasteiger partial charge in [-0.1, -0.05) is 13.0 Å². The van der Waals surface area contributed by atoms with Crippen LogP contribution in [0.1, 0.15) is 44.6 Å². The lowest BCUT2D eigenvalue weighted by Gasteiger charge is -2.23. The zero-order valence-electron chi connectivity index (χ0n) is 14.6. The van der Waals surface area contributed by atoms with Crippen LogP contribution in [0.3, 0.4) is 0 Å². The molecule has 0 amide bonds. The fraction of sp³-hybridized carbons (Fsp3) is 0.611. The number of guanidine groups is 1. The highest BCUT2D eigenvalue weighted by molar-refractivity contribution is 14.0. The summed E-state index contributed by atoms with van der Waals surface area (Å²) in [5.74, 6) is -0.472. The zero-order valence-corrected chi connectivity index (χ0v) is 16.9. The van der Waals surface area contributed by atoms with E-state index >= 15 is 0 Å². The van der Waals surface area contributed by atoms with E-state index in [0.717, 1.165) is 37.8 Å². The SMILES string of the molecule is CCNC(=NCC(C)c1ccc(F)cc1F)NC1CC2CCC1O2.I. The quantitative estimate of drug-likeness (QED) is 0.397. The minimum atomic E-state index is -0.557. The molecule has 2 bridgehead atoms. The van der Waals surface area contributed by atoms with Crippen molar-refractivity contribution in [3.05, 3.63) is 35.4 Å². The average molecular weight is 465 g/mol. The van der Waals surface area contributed by atoms with Crippen LogP contribution in [0.5, 0.6) is 0 Å². The van der Waals surface area contributed by atoms with Crippen molar-refractivity contribution in [1.29, 1.82) is 0 Å². The number of aliphatic imine (C=N–C) groups is 1. The fourth-order valence-electron chi connectivity index (χ4n) is 3.51. The largest absolute Gasteiger partial charge is 0.373 e. The normalized spacial score (nSPS) is 26.2. The van der Waals surface area contributed by atoms with Crippen LogP contribution in [0.25, 0.3) is 0 Å². The molecule has 2 aliphatic rings. The Morgan fingerprint density at radius 1 is 1.36 bits per heavy atom. The molecule has 3 rings (SSSR count). The van der Waals surface area contributed by atoms with Crippen LogP contribution in [-0.2, 0) is 4.74 Å². The van der Waals surface area contributed by atoms with Gasteiger partial charge < -0.3 is 15.4 Å². The summed E-state index contributed by atoms with van der Waals surface area (Å²) < 4.78 is 32.7. The van der Waals surface area contributed by atoms with Gasteiger partial charge in [0.2, 0.25) is 0 Å². The summed E-state index contributed by atoms with van der Waals surface area (Å²) in [4.78, 5) is 4.58. The van der Waals surface area contributed by atoms with Crippen LogP contribution in [0.15, 0.2) is 23.2 Å². The second-order valence-corrected chi connectivity index (χ2v) is 6.65. The van der Waals surface area contributed by atoms with E-state index in [0.29, 0.717) is 24.3 Å². The van der Waals surface area contributed by atoms with E-state index in [-0.39, 0.29) is 36.0 Å². The summed E-state index contributed by atoms with van der Waals surface area (Å²) in [7, 11) is 0. The number of rotatable bonds is 5. The molecule has 25 heavy (non-hydrogen) atoms. The standard InChI is InChI=1S/C18H25F2N3O.HI/c1-3-21-18(23-16-9-13-5-7-17(16)24-13)22-10-11(2)14-6-4-12(19)8-15(14)20;/h4,6,8,11,13,16-17H,3,5,7,9-10H2,1-2H3,(H2,21,22,23);1H. The Balaban J connectivity index is 0.00000225. The second-order valence-electron chi connectivity index (χ2n) is 6.65. The molecule has 2 N–H and O–H groups in total. The summed E-state index contributed by atoms with van der Waals surface area (Å²) >= 11 is 0. The molecular formula is C18H26F2IN3O. The molecule has 0 radical (unpaired) electrons. The number of fused-ring (bicyclic) bond motifs is 2. The van der Waals surface area contributed by atoms with Gasteiger partial charge in [-0.2, -0.15) is 0 Å². The molecule has 7 heteroatoms. The van der Waals surface area contributed by atoms with Gasteiger partial charge in [0.25, 0.3) is 0 Å². The summed E-state index contributed by atoms with van der Waals surface area (Å²) in [5, 5.41) is 6.67. The highest BCUT2D eigenvalue weighted by Crippen LogP contribution is 2.34. The van der Waals surface area contributed by atoms with Crippen molar-refractivity contribution in [2.75, 3.05) is 13.1 Å². The van der Waals surface area contributed by atoms with E-state index < -0.39 is 11.6 Å². The van der Waals surface area contributed by atoms with Crippen molar-refractivity contribution in [3.63, 3.8) is 0 Å². The first-order valence-corrected chi connectivity index (χ1v) is 8.72. The number of nitrogens with zero attached hydrogens (tertiary/aromatic N) is 1. The molecule has 0 spiro atoms. The monoisotopic (exact) mass is 465 g/mol. The first-order valence-electron chi connectivity index (χ1n) is 8.72. The minimum Gasteiger partial charge on any atom is -0.373 e. The fourth-order valence-corrected chi connectivity index (χ4v) is 3.51. The van der Waals surface area contributed by atoms with Crippen molar-refractivity contribution >= 4 is 29.9 Å². The van der Waals surface area contributed by atoms with Crippen LogP contribution >= 0.6 is 24.0 Å². The Morgan fingerprint density at radius 2 is 2.16 bits per heavy atom. The number of halogens is 3. The van der Waals surface area contributed by atoms with Gasteiger partial charge in [0, 0.05) is 25.1 Å². The Bertz CT molecular complexity index is 614. The van der Waals surface area contributed by atoms with Gasteiger partial charge >= 0.3 is 0 Å². The predicted octanol–water partition coefficient (Wildman–Crippen LogP) is 3.56. The first-order chi connectivity index (χ1) is 11.6. The first kappa shape index (κ1) is 20.4. The van der Waals surface area contributed by atoms with Gasteiger partial charge in [0.15, 0.2) is 5.96 Å². The maximum absolute atomic E-state index is 13.9. The third-order valence-corrected chi connectivity index (χ3v) is 4.79. The summed E-state index contributed by atoms with van der Waals surface area (Å²) in [5.41, 5.74) is 0.485. The minimum absolute atomic E-state index is 0. The van der Waals surface area contributed by atoms with Crippen LogP contribution < -0.4 is 10.6 Å². The Labute approximate surface area is 164 Å². The van der Waals surface area contributed by atoms with Crippen molar-refractivity contribution in [1.82, 2.24) is 10.6 Å². The van der Waals surface area contributed by atoms with Crippen LogP contribution in [0.4, 0.5) is 8.78 Å². The maximum atomic E-state index is 13.9. The van der Waals surface area contributed by atoms with Gasteiger partial charge in [-0.15, -0.1) is 24.0 Å². The lowest BCUT2D eigenvalue weighted by atomic mass is 9.96. The van der Waals surface area contributed by atoms with Crippen molar-refractivity contribution in [2.45, 2.75) is 57.3 Å². The van der Waals surface area contributed by atoms with E-state index in [2.05, 4.69) is 15.6 Å². The summed E-state index contributed by atoms with van der Waals surface area (Å²) in [6.07, 6.45) is 3.90. The van der Waals surface area contributed by atoms with Crippen molar-refractivity contribution in [3.8, 4) is 0 Å². The molecule has 0 saturated carbocycles. The van der Waals surface area contributed by atoms with Crippen molar-refractivity contribution in [2.24, 2.45) is 4.99 Å². The van der Waals surface area contributed by atoms with E-state index in [1.165, 1.54) is 12.1 Å². The van der Waals surface area contributed by atoms with E-state index in [9.17, 15) is 8.78 Å². The molecule has 0 aliphatic carbocycles. The molecular weight excluding hydrogens is 439 g/mol. The zero-order chi connectivity index (χ0) is 17.1. The highest BCUT2D eigenvalue weighted by atomic mass is 127. The van der Waals surface area contributed by atoms with E-state index in [1.807, 2.05) is 13.8 Å². The Hall–Kier alpha value is -0.960. The van der Waals surface area contributed by atoms with Crippen LogP contribution in [0, 0.1) is 11.6 Å². The molecule has 2 fully saturated rings. The van der Waals surface area contributed by atoms with Gasteiger partial charge in [0.1, 0.15) is 11.6 Å². The number of hydrogen-bond donors (Lipinski definition) is 2. The summed E-state index contributed by atoms with van der Waals surface area (Å²) in [6.45, 7) is 5.09. The van der Waals surface area contributed by atoms with Gasteiger partial charge in [-0.25, -0.2) is 8.78 Å². The van der Waals surface area contributed by atoms with E-state index in [1.54, 1.807) is 0 Å². The number of hydrogen-bond acceptors (Lipinski definition) is 2. The van der Waals surface area contributed by atoms with Gasteiger partial charge in [-0.05, 0) is 37.8 Å². The predicted molar refractivity (Wildman–Crippen MR) is 106 cm³/mol. The van der Waals surface area contributed by atoms with E-state index in [4.69, 9.17) is 4.74 Å². The third kappa shape index (κ3) is 5.03. The van der Waals surface area contributed by atoms with Gasteiger partial charge in [0.05, 0.1) is 18.2 Å². The second kappa shape index (κ2) is 9.12. The number of ether oxygens (including phenoxy) is 1. The smallest absolute Gasteiger partial charge is 0.191 e. The summed E-state index contributed by atoms with van der Waals surface area (Å²) in [6, 6.07) is 3.99. The van der Waals surface area contributed by atoms with Gasteiger partial charge in [-0.3, -0.25) is 4.99 Å². The third-order valence-electron chi connectivity index (χ3n) is 4.79. The molecule has 2 heterocycles. The van der Waals surface area contributed by atoms with Crippen LogP contribution in [0.2, 0.25) is 0 Å². The Kier molecular flexibility index (Phi) is 7.42. The highest BCUT2D eigenvalue weighted by Gasteiger charge is 2.41. The number of benzene rings is 1. The lowest BCUT2D eigenvalue weighted by molar-refractivity contribution is 0.0992. The van der Waals surface area contributed by atoms with Crippen molar-refractivity contribution < 1.29 is 13.5 Å². The van der Waals surface area contributed by atoms with Crippen LogP contribution in [-0.4, -0.2) is 37.3 Å².